The Balaban J connectivity index is 1.77. The summed E-state index contributed by atoms with van der Waals surface area (Å²) in [7, 11) is 0. The van der Waals surface area contributed by atoms with Crippen LogP contribution in [0.15, 0.2) is 59.2 Å². The van der Waals surface area contributed by atoms with Crippen LogP contribution in [-0.4, -0.2) is 18.0 Å². The van der Waals surface area contributed by atoms with Crippen LogP contribution in [0, 0.1) is 0 Å². The SMILES string of the molecule is C[C@@H](OC(=O)/C=C/c1ccco1)C(=O)NCc1ccccc1. The Labute approximate surface area is 128 Å². The standard InChI is InChI=1S/C17H17NO4/c1-13(17(20)18-12-14-6-3-2-4-7-14)22-16(19)10-9-15-8-5-11-21-15/h2-11,13H,12H2,1H3,(H,18,20)/b10-9+/t13-/m1/s1. The van der Waals surface area contributed by atoms with Crippen molar-refractivity contribution in [2.45, 2.75) is 19.6 Å². The van der Waals surface area contributed by atoms with Crippen LogP contribution in [0.1, 0.15) is 18.2 Å². The molecule has 0 aliphatic carbocycles. The van der Waals surface area contributed by atoms with Crippen LogP contribution in [0.25, 0.3) is 6.08 Å². The highest BCUT2D eigenvalue weighted by Crippen LogP contribution is 2.03. The fourth-order valence-corrected chi connectivity index (χ4v) is 1.73. The van der Waals surface area contributed by atoms with E-state index in [4.69, 9.17) is 9.15 Å². The van der Waals surface area contributed by atoms with E-state index in [0.29, 0.717) is 12.3 Å². The number of furan rings is 1. The van der Waals surface area contributed by atoms with E-state index >= 15 is 0 Å². The molecule has 0 radical (unpaired) electrons. The number of hydrogen-bond acceptors (Lipinski definition) is 4. The molecule has 0 unspecified atom stereocenters. The summed E-state index contributed by atoms with van der Waals surface area (Å²) in [5.74, 6) is -0.402. The largest absolute Gasteiger partial charge is 0.465 e. The second-order valence-electron chi connectivity index (χ2n) is 4.63. The van der Waals surface area contributed by atoms with Crippen LogP contribution >= 0.6 is 0 Å². The fourth-order valence-electron chi connectivity index (χ4n) is 1.73. The summed E-state index contributed by atoms with van der Waals surface area (Å²) in [6, 6.07) is 12.9. The van der Waals surface area contributed by atoms with Crippen LogP contribution < -0.4 is 5.32 Å². The molecule has 5 nitrogen and oxygen atoms in total. The third kappa shape index (κ3) is 4.94. The maximum absolute atomic E-state index is 11.9. The topological polar surface area (TPSA) is 68.5 Å². The third-order valence-electron chi connectivity index (χ3n) is 2.90. The van der Waals surface area contributed by atoms with Crippen LogP contribution in [0.3, 0.4) is 0 Å². The number of amides is 1. The molecular formula is C17H17NO4. The highest BCUT2D eigenvalue weighted by atomic mass is 16.5. The van der Waals surface area contributed by atoms with Gasteiger partial charge in [0, 0.05) is 12.6 Å². The summed E-state index contributed by atoms with van der Waals surface area (Å²) >= 11 is 0. The van der Waals surface area contributed by atoms with Gasteiger partial charge in [-0.05, 0) is 30.7 Å². The Morgan fingerprint density at radius 2 is 2.00 bits per heavy atom. The predicted molar refractivity (Wildman–Crippen MR) is 81.6 cm³/mol. The minimum Gasteiger partial charge on any atom is -0.465 e. The molecule has 1 N–H and O–H groups in total. The molecule has 0 aliphatic heterocycles. The molecule has 5 heteroatoms. The van der Waals surface area contributed by atoms with Crippen LogP contribution in [0.4, 0.5) is 0 Å². The Hall–Kier alpha value is -2.82. The number of benzene rings is 1. The van der Waals surface area contributed by atoms with Gasteiger partial charge in [-0.25, -0.2) is 4.79 Å². The normalized spacial score (nSPS) is 12.0. The molecule has 1 aromatic carbocycles. The monoisotopic (exact) mass is 299 g/mol. The van der Waals surface area contributed by atoms with Crippen LogP contribution in [0.2, 0.25) is 0 Å². The van der Waals surface area contributed by atoms with Crippen molar-refractivity contribution in [2.75, 3.05) is 0 Å². The van der Waals surface area contributed by atoms with Gasteiger partial charge in [-0.3, -0.25) is 4.79 Å². The number of esters is 1. The summed E-state index contributed by atoms with van der Waals surface area (Å²) < 4.78 is 10.1. The molecule has 0 spiro atoms. The lowest BCUT2D eigenvalue weighted by Gasteiger charge is -2.12. The van der Waals surface area contributed by atoms with Gasteiger partial charge in [-0.15, -0.1) is 0 Å². The Kier molecular flexibility index (Phi) is 5.54. The molecule has 0 bridgehead atoms. The molecule has 1 amide bonds. The second kappa shape index (κ2) is 7.83. The first-order chi connectivity index (χ1) is 10.6. The molecule has 0 saturated heterocycles. The smallest absolute Gasteiger partial charge is 0.331 e. The molecule has 0 fully saturated rings. The van der Waals surface area contributed by atoms with Crippen LogP contribution in [0.5, 0.6) is 0 Å². The maximum Gasteiger partial charge on any atom is 0.331 e. The Morgan fingerprint density at radius 3 is 2.68 bits per heavy atom. The van der Waals surface area contributed by atoms with Crippen molar-refractivity contribution in [2.24, 2.45) is 0 Å². The number of nitrogens with one attached hydrogen (secondary N) is 1. The molecule has 0 aliphatic rings. The highest BCUT2D eigenvalue weighted by molar-refractivity contribution is 5.90. The first kappa shape index (κ1) is 15.6. The van der Waals surface area contributed by atoms with Gasteiger partial charge >= 0.3 is 5.97 Å². The van der Waals surface area contributed by atoms with E-state index in [0.717, 1.165) is 5.56 Å². The lowest BCUT2D eigenvalue weighted by atomic mass is 10.2. The molecule has 22 heavy (non-hydrogen) atoms. The first-order valence-electron chi connectivity index (χ1n) is 6.89. The summed E-state index contributed by atoms with van der Waals surface area (Å²) in [6.07, 6.45) is 3.35. The minimum atomic E-state index is -0.863. The lowest BCUT2D eigenvalue weighted by molar-refractivity contribution is -0.150. The summed E-state index contributed by atoms with van der Waals surface area (Å²) in [5, 5.41) is 2.71. The molecule has 1 atom stereocenters. The van der Waals surface area contributed by atoms with Crippen molar-refractivity contribution >= 4 is 18.0 Å². The molecular weight excluding hydrogens is 282 g/mol. The Bertz CT molecular complexity index is 632. The van der Waals surface area contributed by atoms with Crippen molar-refractivity contribution < 1.29 is 18.7 Å². The first-order valence-corrected chi connectivity index (χ1v) is 6.89. The van der Waals surface area contributed by atoms with Gasteiger partial charge in [-0.2, -0.15) is 0 Å². The summed E-state index contributed by atoms with van der Waals surface area (Å²) in [4.78, 5) is 23.5. The van der Waals surface area contributed by atoms with Gasteiger partial charge in [-0.1, -0.05) is 30.3 Å². The van der Waals surface area contributed by atoms with E-state index in [-0.39, 0.29) is 5.91 Å². The van der Waals surface area contributed by atoms with Crippen molar-refractivity contribution in [3.8, 4) is 0 Å². The van der Waals surface area contributed by atoms with E-state index in [1.807, 2.05) is 30.3 Å². The van der Waals surface area contributed by atoms with Gasteiger partial charge in [0.05, 0.1) is 6.26 Å². The number of rotatable bonds is 6. The van der Waals surface area contributed by atoms with E-state index in [1.54, 1.807) is 12.1 Å². The molecule has 114 valence electrons. The van der Waals surface area contributed by atoms with Crippen molar-refractivity contribution in [3.63, 3.8) is 0 Å². The lowest BCUT2D eigenvalue weighted by Crippen LogP contribution is -2.35. The fraction of sp³-hybridized carbons (Fsp3) is 0.176. The Morgan fingerprint density at radius 1 is 1.23 bits per heavy atom. The zero-order chi connectivity index (χ0) is 15.8. The third-order valence-corrected chi connectivity index (χ3v) is 2.90. The molecule has 1 heterocycles. The average Bonchev–Trinajstić information content (AvgIpc) is 3.05. The quantitative estimate of drug-likeness (QED) is 0.657. The van der Waals surface area contributed by atoms with Crippen molar-refractivity contribution in [1.29, 1.82) is 0 Å². The van der Waals surface area contributed by atoms with E-state index < -0.39 is 12.1 Å². The predicted octanol–water partition coefficient (Wildman–Crippen LogP) is 2.54. The van der Waals surface area contributed by atoms with E-state index in [1.165, 1.54) is 25.3 Å². The van der Waals surface area contributed by atoms with Gasteiger partial charge in [0.25, 0.3) is 5.91 Å². The molecule has 2 aromatic rings. The minimum absolute atomic E-state index is 0.344. The maximum atomic E-state index is 11.9. The molecule has 0 saturated carbocycles. The molecule has 1 aromatic heterocycles. The van der Waals surface area contributed by atoms with Gasteiger partial charge in [0.15, 0.2) is 6.10 Å². The number of carbonyl (C=O) groups is 2. The second-order valence-corrected chi connectivity index (χ2v) is 4.63. The zero-order valence-corrected chi connectivity index (χ0v) is 12.2. The van der Waals surface area contributed by atoms with Crippen LogP contribution in [-0.2, 0) is 20.9 Å². The molecule has 2 rings (SSSR count). The van der Waals surface area contributed by atoms with Crippen molar-refractivity contribution in [3.05, 3.63) is 66.1 Å². The number of hydrogen-bond donors (Lipinski definition) is 1. The van der Waals surface area contributed by atoms with E-state index in [2.05, 4.69) is 5.32 Å². The van der Waals surface area contributed by atoms with E-state index in [9.17, 15) is 9.59 Å². The highest BCUT2D eigenvalue weighted by Gasteiger charge is 2.15. The zero-order valence-electron chi connectivity index (χ0n) is 12.2. The average molecular weight is 299 g/mol. The van der Waals surface area contributed by atoms with Gasteiger partial charge < -0.3 is 14.5 Å². The number of ether oxygens (including phenoxy) is 1. The number of carbonyl (C=O) groups excluding carboxylic acids is 2. The summed E-state index contributed by atoms with van der Waals surface area (Å²) in [6.45, 7) is 1.92. The summed E-state index contributed by atoms with van der Waals surface area (Å²) in [5.41, 5.74) is 0.979. The van der Waals surface area contributed by atoms with Crippen molar-refractivity contribution in [1.82, 2.24) is 5.32 Å². The van der Waals surface area contributed by atoms with Gasteiger partial charge in [0.1, 0.15) is 5.76 Å². The van der Waals surface area contributed by atoms with Gasteiger partial charge in [0.2, 0.25) is 0 Å².